The molecule has 170 valence electrons. The fourth-order valence-corrected chi connectivity index (χ4v) is 3.14. The average Bonchev–Trinajstić information content (AvgIpc) is 2.80. The second-order valence-electron chi connectivity index (χ2n) is 7.93. The van der Waals surface area contributed by atoms with Gasteiger partial charge in [-0.05, 0) is 72.2 Å². The van der Waals surface area contributed by atoms with Crippen LogP contribution in [-0.4, -0.2) is 23.5 Å². The Labute approximate surface area is 199 Å². The van der Waals surface area contributed by atoms with Crippen LogP contribution >= 0.6 is 12.2 Å². The van der Waals surface area contributed by atoms with Crippen LogP contribution in [-0.2, 0) is 11.2 Å². The molecule has 0 unspecified atom stereocenters. The molecule has 0 aliphatic rings. The van der Waals surface area contributed by atoms with E-state index in [4.69, 9.17) is 17.0 Å². The highest BCUT2D eigenvalue weighted by molar-refractivity contribution is 7.80. The van der Waals surface area contributed by atoms with Gasteiger partial charge in [-0.1, -0.05) is 44.2 Å². The Bertz CT molecular complexity index is 1080. The van der Waals surface area contributed by atoms with Gasteiger partial charge in [-0.15, -0.1) is 0 Å². The number of benzene rings is 3. The summed E-state index contributed by atoms with van der Waals surface area (Å²) in [5, 5.41) is 8.67. The molecule has 2 amide bonds. The second-order valence-corrected chi connectivity index (χ2v) is 8.33. The summed E-state index contributed by atoms with van der Waals surface area (Å²) >= 11 is 5.25. The van der Waals surface area contributed by atoms with Gasteiger partial charge in [0.1, 0.15) is 5.75 Å². The summed E-state index contributed by atoms with van der Waals surface area (Å²) in [5.74, 6) is 0.742. The lowest BCUT2D eigenvalue weighted by atomic mass is 10.1. The summed E-state index contributed by atoms with van der Waals surface area (Å²) in [6.07, 6.45) is 0.307. The lowest BCUT2D eigenvalue weighted by molar-refractivity contribution is -0.115. The van der Waals surface area contributed by atoms with E-state index in [1.807, 2.05) is 30.3 Å². The fourth-order valence-electron chi connectivity index (χ4n) is 2.93. The molecule has 0 aromatic heterocycles. The maximum absolute atomic E-state index is 12.4. The number of hydrogen-bond donors (Lipinski definition) is 3. The molecule has 0 aliphatic carbocycles. The molecule has 0 spiro atoms. The molecule has 0 radical (unpaired) electrons. The quantitative estimate of drug-likeness (QED) is 0.410. The van der Waals surface area contributed by atoms with Crippen molar-refractivity contribution in [1.82, 2.24) is 5.32 Å². The number of ether oxygens (including phenoxy) is 1. The molecule has 0 saturated carbocycles. The highest BCUT2D eigenvalue weighted by atomic mass is 32.1. The lowest BCUT2D eigenvalue weighted by Crippen LogP contribution is -2.34. The van der Waals surface area contributed by atoms with Crippen molar-refractivity contribution >= 4 is 40.5 Å². The molecule has 3 rings (SSSR count). The molecule has 0 aliphatic heterocycles. The zero-order chi connectivity index (χ0) is 23.6. The zero-order valence-corrected chi connectivity index (χ0v) is 19.4. The first-order valence-corrected chi connectivity index (χ1v) is 11.1. The van der Waals surface area contributed by atoms with Gasteiger partial charge in [0.15, 0.2) is 5.11 Å². The van der Waals surface area contributed by atoms with E-state index in [0.29, 0.717) is 35.9 Å². The number of anilines is 2. The molecule has 6 nitrogen and oxygen atoms in total. The Morgan fingerprint density at radius 3 is 2.06 bits per heavy atom. The van der Waals surface area contributed by atoms with Gasteiger partial charge < -0.3 is 15.4 Å². The number of carbonyl (C=O) groups excluding carboxylic acids is 2. The van der Waals surface area contributed by atoms with E-state index in [0.717, 1.165) is 11.3 Å². The van der Waals surface area contributed by atoms with E-state index in [9.17, 15) is 9.59 Å². The molecule has 0 atom stereocenters. The average molecular weight is 462 g/mol. The Morgan fingerprint density at radius 1 is 0.848 bits per heavy atom. The van der Waals surface area contributed by atoms with Gasteiger partial charge in [0.05, 0.1) is 13.0 Å². The largest absolute Gasteiger partial charge is 0.493 e. The number of thiocarbonyl (C=S) groups is 1. The summed E-state index contributed by atoms with van der Waals surface area (Å²) in [5.41, 5.74) is 2.80. The molecule has 0 bridgehead atoms. The number of rotatable bonds is 8. The van der Waals surface area contributed by atoms with Crippen LogP contribution in [0.15, 0.2) is 78.9 Å². The molecule has 0 fully saturated rings. The molecule has 7 heteroatoms. The molecule has 0 heterocycles. The molecule has 3 aromatic carbocycles. The van der Waals surface area contributed by atoms with Gasteiger partial charge in [0, 0.05) is 16.9 Å². The lowest BCUT2D eigenvalue weighted by Gasteiger charge is -2.12. The van der Waals surface area contributed by atoms with E-state index >= 15 is 0 Å². The van der Waals surface area contributed by atoms with Gasteiger partial charge in [-0.2, -0.15) is 0 Å². The topological polar surface area (TPSA) is 79.5 Å². The van der Waals surface area contributed by atoms with Crippen molar-refractivity contribution in [2.45, 2.75) is 20.3 Å². The van der Waals surface area contributed by atoms with Gasteiger partial charge in [-0.25, -0.2) is 0 Å². The maximum atomic E-state index is 12.4. The van der Waals surface area contributed by atoms with Gasteiger partial charge in [-0.3, -0.25) is 14.9 Å². The highest BCUT2D eigenvalue weighted by Crippen LogP contribution is 2.15. The third-order valence-electron chi connectivity index (χ3n) is 4.56. The van der Waals surface area contributed by atoms with E-state index < -0.39 is 0 Å². The van der Waals surface area contributed by atoms with E-state index in [-0.39, 0.29) is 16.9 Å². The van der Waals surface area contributed by atoms with E-state index in [1.54, 1.807) is 48.5 Å². The molecular weight excluding hydrogens is 434 g/mol. The number of carbonyl (C=O) groups is 2. The van der Waals surface area contributed by atoms with Gasteiger partial charge in [0.2, 0.25) is 5.91 Å². The molecule has 3 aromatic rings. The normalized spacial score (nSPS) is 10.4. The minimum atomic E-state index is -0.312. The molecule has 3 N–H and O–H groups in total. The first-order chi connectivity index (χ1) is 15.9. The van der Waals surface area contributed by atoms with Crippen LogP contribution in [0.25, 0.3) is 0 Å². The minimum Gasteiger partial charge on any atom is -0.493 e. The first-order valence-electron chi connectivity index (χ1n) is 10.7. The van der Waals surface area contributed by atoms with E-state index in [2.05, 4.69) is 29.8 Å². The highest BCUT2D eigenvalue weighted by Gasteiger charge is 2.09. The summed E-state index contributed by atoms with van der Waals surface area (Å²) in [4.78, 5) is 24.6. The van der Waals surface area contributed by atoms with Crippen LogP contribution in [0.3, 0.4) is 0 Å². The third-order valence-corrected chi connectivity index (χ3v) is 4.77. The van der Waals surface area contributed by atoms with Crippen molar-refractivity contribution in [1.29, 1.82) is 0 Å². The molecule has 0 saturated heterocycles. The smallest absolute Gasteiger partial charge is 0.257 e. The molecular formula is C26H27N3O3S. The summed E-state index contributed by atoms with van der Waals surface area (Å²) < 4.78 is 5.63. The summed E-state index contributed by atoms with van der Waals surface area (Å²) in [6, 6.07) is 23.6. The fraction of sp³-hybridized carbons (Fsp3) is 0.192. The Morgan fingerprint density at radius 2 is 1.45 bits per heavy atom. The van der Waals surface area contributed by atoms with Gasteiger partial charge in [0.25, 0.3) is 5.91 Å². The Kier molecular flexibility index (Phi) is 8.55. The van der Waals surface area contributed by atoms with Crippen LogP contribution in [0.4, 0.5) is 11.4 Å². The van der Waals surface area contributed by atoms with Crippen molar-refractivity contribution in [2.24, 2.45) is 5.92 Å². The predicted molar refractivity (Wildman–Crippen MR) is 136 cm³/mol. The minimum absolute atomic E-state index is 0.0923. The van der Waals surface area contributed by atoms with Crippen LogP contribution in [0.5, 0.6) is 5.75 Å². The monoisotopic (exact) mass is 461 g/mol. The summed E-state index contributed by atoms with van der Waals surface area (Å²) in [7, 11) is 0. The van der Waals surface area contributed by atoms with Crippen LogP contribution in [0, 0.1) is 5.92 Å². The van der Waals surface area contributed by atoms with Crippen molar-refractivity contribution in [2.75, 3.05) is 17.2 Å². The third kappa shape index (κ3) is 8.05. The van der Waals surface area contributed by atoms with Crippen LogP contribution in [0.1, 0.15) is 29.8 Å². The van der Waals surface area contributed by atoms with Crippen LogP contribution in [0.2, 0.25) is 0 Å². The Balaban J connectivity index is 1.47. The number of hydrogen-bond acceptors (Lipinski definition) is 4. The van der Waals surface area contributed by atoms with Crippen molar-refractivity contribution < 1.29 is 14.3 Å². The maximum Gasteiger partial charge on any atom is 0.257 e. The second kappa shape index (κ2) is 11.8. The summed E-state index contributed by atoms with van der Waals surface area (Å²) in [6.45, 7) is 4.77. The zero-order valence-electron chi connectivity index (χ0n) is 18.6. The standard InChI is InChI=1S/C26H27N3O3S/c1-18(2)17-32-23-14-8-20(9-15-23)25(31)29-26(33)28-22-12-10-21(11-13-22)27-24(30)16-19-6-4-3-5-7-19/h3-15,18H,16-17H2,1-2H3,(H,27,30)(H2,28,29,31,33). The van der Waals surface area contributed by atoms with E-state index in [1.165, 1.54) is 0 Å². The Hall–Kier alpha value is -3.71. The SMILES string of the molecule is CC(C)COc1ccc(C(=O)NC(=S)Nc2ccc(NC(=O)Cc3ccccc3)cc2)cc1. The predicted octanol–water partition coefficient (Wildman–Crippen LogP) is 5.03. The first kappa shape index (κ1) is 23.9. The number of amides is 2. The van der Waals surface area contributed by atoms with Crippen molar-refractivity contribution in [3.05, 3.63) is 90.0 Å². The molecule has 33 heavy (non-hydrogen) atoms. The van der Waals surface area contributed by atoms with Crippen molar-refractivity contribution in [3.63, 3.8) is 0 Å². The van der Waals surface area contributed by atoms with Gasteiger partial charge >= 0.3 is 0 Å². The van der Waals surface area contributed by atoms with Crippen LogP contribution < -0.4 is 20.7 Å². The van der Waals surface area contributed by atoms with Crippen molar-refractivity contribution in [3.8, 4) is 5.75 Å². The number of nitrogens with one attached hydrogen (secondary N) is 3.